The van der Waals surface area contributed by atoms with E-state index in [0.29, 0.717) is 6.61 Å². The van der Waals surface area contributed by atoms with Crippen molar-refractivity contribution in [2.75, 3.05) is 34.4 Å². The average Bonchev–Trinajstić information content (AvgIpc) is 2.70. The Morgan fingerprint density at radius 1 is 1.65 bits per heavy atom. The molecule has 1 aromatic heterocycles. The molecule has 1 rings (SSSR count). The molecule has 0 aliphatic carbocycles. The number of aliphatic imine (C=N–C) groups is 1. The van der Waals surface area contributed by atoms with Crippen LogP contribution in [-0.2, 0) is 11.3 Å². The fourth-order valence-electron chi connectivity index (χ4n) is 1.45. The van der Waals surface area contributed by atoms with Crippen LogP contribution in [0.15, 0.2) is 10.4 Å². The van der Waals surface area contributed by atoms with Crippen molar-refractivity contribution in [2.45, 2.75) is 13.5 Å². The van der Waals surface area contributed by atoms with Gasteiger partial charge in [0.15, 0.2) is 5.96 Å². The Kier molecular flexibility index (Phi) is 5.93. The van der Waals surface area contributed by atoms with Crippen molar-refractivity contribution in [3.05, 3.63) is 16.1 Å². The standard InChI is InChI=1S/C11H20N4OS/c1-9-14-10(8-17-9)7-15(3)11(12-2)13-5-6-16-4/h8H,5-7H2,1-4H3,(H,12,13). The van der Waals surface area contributed by atoms with Gasteiger partial charge in [-0.15, -0.1) is 11.3 Å². The molecular formula is C11H20N4OS. The lowest BCUT2D eigenvalue weighted by Crippen LogP contribution is -2.39. The van der Waals surface area contributed by atoms with Crippen LogP contribution < -0.4 is 5.32 Å². The highest BCUT2D eigenvalue weighted by atomic mass is 32.1. The van der Waals surface area contributed by atoms with Crippen LogP contribution in [0.2, 0.25) is 0 Å². The van der Waals surface area contributed by atoms with Crippen molar-refractivity contribution in [1.82, 2.24) is 15.2 Å². The molecule has 5 nitrogen and oxygen atoms in total. The maximum Gasteiger partial charge on any atom is 0.193 e. The zero-order valence-electron chi connectivity index (χ0n) is 10.9. The van der Waals surface area contributed by atoms with E-state index in [9.17, 15) is 0 Å². The highest BCUT2D eigenvalue weighted by Gasteiger charge is 2.07. The SMILES string of the molecule is CN=C(NCCOC)N(C)Cc1csc(C)n1. The third kappa shape index (κ3) is 4.70. The number of hydrogen-bond acceptors (Lipinski definition) is 4. The van der Waals surface area contributed by atoms with E-state index in [0.717, 1.165) is 29.8 Å². The molecule has 0 radical (unpaired) electrons. The van der Waals surface area contributed by atoms with Crippen LogP contribution >= 0.6 is 11.3 Å². The van der Waals surface area contributed by atoms with Crippen molar-refractivity contribution >= 4 is 17.3 Å². The monoisotopic (exact) mass is 256 g/mol. The van der Waals surface area contributed by atoms with E-state index >= 15 is 0 Å². The highest BCUT2D eigenvalue weighted by Crippen LogP contribution is 2.09. The smallest absolute Gasteiger partial charge is 0.193 e. The van der Waals surface area contributed by atoms with Gasteiger partial charge >= 0.3 is 0 Å². The first-order valence-corrected chi connectivity index (χ1v) is 6.37. The lowest BCUT2D eigenvalue weighted by Gasteiger charge is -2.20. The van der Waals surface area contributed by atoms with Gasteiger partial charge in [0, 0.05) is 33.1 Å². The molecule has 1 aromatic rings. The second-order valence-electron chi connectivity index (χ2n) is 3.68. The summed E-state index contributed by atoms with van der Waals surface area (Å²) in [7, 11) is 5.46. The molecular weight excluding hydrogens is 236 g/mol. The van der Waals surface area contributed by atoms with Gasteiger partial charge in [0.2, 0.25) is 0 Å². The van der Waals surface area contributed by atoms with Crippen LogP contribution in [0.3, 0.4) is 0 Å². The maximum absolute atomic E-state index is 4.99. The Morgan fingerprint density at radius 2 is 2.41 bits per heavy atom. The molecule has 0 fully saturated rings. The van der Waals surface area contributed by atoms with Gasteiger partial charge in [-0.3, -0.25) is 4.99 Å². The minimum absolute atomic E-state index is 0.669. The van der Waals surface area contributed by atoms with Crippen LogP contribution in [-0.4, -0.2) is 50.2 Å². The third-order valence-corrected chi connectivity index (χ3v) is 3.05. The van der Waals surface area contributed by atoms with E-state index in [1.807, 2.05) is 18.9 Å². The van der Waals surface area contributed by atoms with Crippen LogP contribution in [0.4, 0.5) is 0 Å². The summed E-state index contributed by atoms with van der Waals surface area (Å²) < 4.78 is 4.99. The number of aromatic nitrogens is 1. The van der Waals surface area contributed by atoms with E-state index in [4.69, 9.17) is 4.74 Å². The quantitative estimate of drug-likeness (QED) is 0.487. The van der Waals surface area contributed by atoms with Crippen LogP contribution in [0.5, 0.6) is 0 Å². The van der Waals surface area contributed by atoms with E-state index in [1.54, 1.807) is 25.5 Å². The summed E-state index contributed by atoms with van der Waals surface area (Å²) in [6.07, 6.45) is 0. The molecule has 0 aliphatic heterocycles. The van der Waals surface area contributed by atoms with Gasteiger partial charge in [0.1, 0.15) is 0 Å². The molecule has 0 bridgehead atoms. The van der Waals surface area contributed by atoms with E-state index < -0.39 is 0 Å². The van der Waals surface area contributed by atoms with Gasteiger partial charge in [-0.25, -0.2) is 4.98 Å². The van der Waals surface area contributed by atoms with Gasteiger partial charge in [0.05, 0.1) is 23.9 Å². The molecule has 0 atom stereocenters. The molecule has 0 spiro atoms. The van der Waals surface area contributed by atoms with Gasteiger partial charge < -0.3 is 15.0 Å². The zero-order valence-corrected chi connectivity index (χ0v) is 11.7. The van der Waals surface area contributed by atoms with Crippen molar-refractivity contribution < 1.29 is 4.74 Å². The minimum atomic E-state index is 0.669. The lowest BCUT2D eigenvalue weighted by molar-refractivity contribution is 0.203. The lowest BCUT2D eigenvalue weighted by atomic mass is 10.4. The zero-order chi connectivity index (χ0) is 12.7. The molecule has 6 heteroatoms. The number of guanidine groups is 1. The highest BCUT2D eigenvalue weighted by molar-refractivity contribution is 7.09. The number of rotatable bonds is 5. The molecule has 0 saturated heterocycles. The summed E-state index contributed by atoms with van der Waals surface area (Å²) in [5.74, 6) is 0.854. The second kappa shape index (κ2) is 7.24. The molecule has 0 aromatic carbocycles. The summed E-state index contributed by atoms with van der Waals surface area (Å²) in [5.41, 5.74) is 1.07. The number of nitrogens with zero attached hydrogens (tertiary/aromatic N) is 3. The summed E-state index contributed by atoms with van der Waals surface area (Å²) in [4.78, 5) is 10.7. The summed E-state index contributed by atoms with van der Waals surface area (Å²) in [6.45, 7) is 4.20. The second-order valence-corrected chi connectivity index (χ2v) is 4.74. The van der Waals surface area contributed by atoms with Crippen molar-refractivity contribution in [3.63, 3.8) is 0 Å². The number of hydrogen-bond donors (Lipinski definition) is 1. The minimum Gasteiger partial charge on any atom is -0.383 e. The number of aryl methyl sites for hydroxylation is 1. The van der Waals surface area contributed by atoms with Gasteiger partial charge in [0.25, 0.3) is 0 Å². The topological polar surface area (TPSA) is 49.8 Å². The normalized spacial score (nSPS) is 11.6. The van der Waals surface area contributed by atoms with Crippen molar-refractivity contribution in [3.8, 4) is 0 Å². The first kappa shape index (κ1) is 13.9. The molecule has 0 unspecified atom stereocenters. The van der Waals surface area contributed by atoms with Crippen LogP contribution in [0, 0.1) is 6.92 Å². The first-order valence-electron chi connectivity index (χ1n) is 5.49. The number of methoxy groups -OCH3 is 1. The van der Waals surface area contributed by atoms with E-state index in [1.165, 1.54) is 0 Å². The van der Waals surface area contributed by atoms with Gasteiger partial charge in [-0.05, 0) is 6.92 Å². The largest absolute Gasteiger partial charge is 0.383 e. The molecule has 0 amide bonds. The van der Waals surface area contributed by atoms with Crippen molar-refractivity contribution in [2.24, 2.45) is 4.99 Å². The fraction of sp³-hybridized carbons (Fsp3) is 0.636. The Bertz CT molecular complexity index is 364. The number of ether oxygens (including phenoxy) is 1. The van der Waals surface area contributed by atoms with Crippen LogP contribution in [0.1, 0.15) is 10.7 Å². The van der Waals surface area contributed by atoms with Gasteiger partial charge in [-0.2, -0.15) is 0 Å². The Hall–Kier alpha value is -1.14. The van der Waals surface area contributed by atoms with E-state index in [2.05, 4.69) is 20.7 Å². The molecule has 1 N–H and O–H groups in total. The van der Waals surface area contributed by atoms with Gasteiger partial charge in [-0.1, -0.05) is 0 Å². The third-order valence-electron chi connectivity index (χ3n) is 2.23. The predicted molar refractivity (Wildman–Crippen MR) is 71.6 cm³/mol. The average molecular weight is 256 g/mol. The first-order chi connectivity index (χ1) is 8.17. The molecule has 1 heterocycles. The number of nitrogens with one attached hydrogen (secondary N) is 1. The maximum atomic E-state index is 4.99. The summed E-state index contributed by atoms with van der Waals surface area (Å²) in [6, 6.07) is 0. The van der Waals surface area contributed by atoms with Crippen molar-refractivity contribution in [1.29, 1.82) is 0 Å². The molecule has 0 saturated carbocycles. The Balaban J connectivity index is 2.46. The summed E-state index contributed by atoms with van der Waals surface area (Å²) >= 11 is 1.67. The Labute approximate surface area is 107 Å². The Morgan fingerprint density at radius 3 is 2.94 bits per heavy atom. The summed E-state index contributed by atoms with van der Waals surface area (Å²) in [5, 5.41) is 6.39. The van der Waals surface area contributed by atoms with Crippen LogP contribution in [0.25, 0.3) is 0 Å². The fourth-order valence-corrected chi connectivity index (χ4v) is 2.05. The number of thiazole rings is 1. The molecule has 0 aliphatic rings. The van der Waals surface area contributed by atoms with E-state index in [-0.39, 0.29) is 0 Å². The molecule has 96 valence electrons. The molecule has 17 heavy (non-hydrogen) atoms. The predicted octanol–water partition coefficient (Wildman–Crippen LogP) is 1.11.